The molecule has 0 unspecified atom stereocenters. The fraction of sp³-hybridized carbons (Fsp3) is 1.00. The summed E-state index contributed by atoms with van der Waals surface area (Å²) in [6.07, 6.45) is -10.1. The summed E-state index contributed by atoms with van der Waals surface area (Å²) in [5.74, 6) is -5.38. The van der Waals surface area contributed by atoms with Crippen LogP contribution in [0.3, 0.4) is 0 Å². The van der Waals surface area contributed by atoms with E-state index < -0.39 is 18.1 Å². The van der Waals surface area contributed by atoms with Gasteiger partial charge in [-0.3, -0.25) is 0 Å². The standard InChI is InChI=1S/C3F6O.HI/c4-1(5)2(6,7)10-3(1,8)9;/h;1H. The number of halogens is 7. The van der Waals surface area contributed by atoms with Crippen LogP contribution in [0.25, 0.3) is 0 Å². The molecule has 8 heteroatoms. The van der Waals surface area contributed by atoms with E-state index in [1.165, 1.54) is 0 Å². The van der Waals surface area contributed by atoms with Crippen molar-refractivity contribution in [1.29, 1.82) is 0 Å². The van der Waals surface area contributed by atoms with Gasteiger partial charge in [-0.15, -0.1) is 24.0 Å². The van der Waals surface area contributed by atoms with Gasteiger partial charge in [0.2, 0.25) is 0 Å². The van der Waals surface area contributed by atoms with Gasteiger partial charge in [0.15, 0.2) is 0 Å². The Morgan fingerprint density at radius 2 is 1.00 bits per heavy atom. The smallest absolute Gasteiger partial charge is 0.245 e. The lowest BCUT2D eigenvalue weighted by Crippen LogP contribution is -2.69. The molecule has 1 fully saturated rings. The molecule has 0 spiro atoms. The second-order valence-corrected chi connectivity index (χ2v) is 1.71. The quantitative estimate of drug-likeness (QED) is 0.492. The molecule has 1 aliphatic heterocycles. The van der Waals surface area contributed by atoms with E-state index >= 15 is 0 Å². The normalized spacial score (nSPS) is 30.0. The minimum atomic E-state index is -5.38. The maximum absolute atomic E-state index is 11.5. The molecule has 0 bridgehead atoms. The zero-order valence-corrected chi connectivity index (χ0v) is 6.91. The lowest BCUT2D eigenvalue weighted by molar-refractivity contribution is -0.583. The highest BCUT2D eigenvalue weighted by atomic mass is 127. The fourth-order valence-electron chi connectivity index (χ4n) is 0.412. The minimum absolute atomic E-state index is 0. The Labute approximate surface area is 73.7 Å². The van der Waals surface area contributed by atoms with Gasteiger partial charge in [-0.05, 0) is 0 Å². The molecule has 0 aliphatic carbocycles. The van der Waals surface area contributed by atoms with Crippen LogP contribution >= 0.6 is 24.0 Å². The molecule has 68 valence electrons. The van der Waals surface area contributed by atoms with Crippen LogP contribution in [0.5, 0.6) is 0 Å². The van der Waals surface area contributed by atoms with Crippen molar-refractivity contribution in [2.75, 3.05) is 0 Å². The molecule has 1 aliphatic rings. The first-order valence-corrected chi connectivity index (χ1v) is 2.04. The van der Waals surface area contributed by atoms with Crippen LogP contribution in [0.4, 0.5) is 26.3 Å². The summed E-state index contributed by atoms with van der Waals surface area (Å²) < 4.78 is 70.7. The van der Waals surface area contributed by atoms with Crippen molar-refractivity contribution < 1.29 is 31.1 Å². The van der Waals surface area contributed by atoms with E-state index in [0.29, 0.717) is 0 Å². The summed E-state index contributed by atoms with van der Waals surface area (Å²) in [5.41, 5.74) is 0. The van der Waals surface area contributed by atoms with Crippen LogP contribution in [-0.2, 0) is 4.74 Å². The molecular formula is C3HF6IO. The van der Waals surface area contributed by atoms with Gasteiger partial charge in [-0.25, -0.2) is 4.74 Å². The highest BCUT2D eigenvalue weighted by molar-refractivity contribution is 14.0. The van der Waals surface area contributed by atoms with E-state index in [1.807, 2.05) is 0 Å². The second kappa shape index (κ2) is 2.38. The highest BCUT2D eigenvalue weighted by Gasteiger charge is 2.87. The lowest BCUT2D eigenvalue weighted by atomic mass is 10.2. The van der Waals surface area contributed by atoms with Gasteiger partial charge in [0.25, 0.3) is 0 Å². The van der Waals surface area contributed by atoms with Gasteiger partial charge in [-0.2, -0.15) is 26.3 Å². The van der Waals surface area contributed by atoms with Crippen molar-refractivity contribution in [3.8, 4) is 0 Å². The van der Waals surface area contributed by atoms with Gasteiger partial charge < -0.3 is 0 Å². The van der Waals surface area contributed by atoms with E-state index in [9.17, 15) is 26.3 Å². The van der Waals surface area contributed by atoms with E-state index in [-0.39, 0.29) is 24.0 Å². The fourth-order valence-corrected chi connectivity index (χ4v) is 0.412. The third kappa shape index (κ3) is 1.19. The average Bonchev–Trinajstić information content (AvgIpc) is 1.61. The van der Waals surface area contributed by atoms with Crippen molar-refractivity contribution in [3.63, 3.8) is 0 Å². The van der Waals surface area contributed by atoms with Crippen LogP contribution in [0.15, 0.2) is 0 Å². The molecule has 0 aromatic heterocycles. The average molecular weight is 294 g/mol. The molecule has 0 atom stereocenters. The first-order chi connectivity index (χ1) is 4.21. The Kier molecular flexibility index (Phi) is 2.43. The topological polar surface area (TPSA) is 9.23 Å². The molecule has 0 aromatic rings. The molecule has 0 amide bonds. The van der Waals surface area contributed by atoms with Gasteiger partial charge >= 0.3 is 18.1 Å². The van der Waals surface area contributed by atoms with Crippen molar-refractivity contribution >= 4 is 24.0 Å². The molecule has 11 heavy (non-hydrogen) atoms. The molecule has 0 N–H and O–H groups in total. The third-order valence-corrected chi connectivity index (χ3v) is 0.987. The van der Waals surface area contributed by atoms with Crippen LogP contribution in [0, 0.1) is 0 Å². The van der Waals surface area contributed by atoms with E-state index in [0.717, 1.165) is 0 Å². The summed E-state index contributed by atoms with van der Waals surface area (Å²) in [6, 6.07) is 0. The number of hydrogen-bond acceptors (Lipinski definition) is 1. The van der Waals surface area contributed by atoms with Gasteiger partial charge in [-0.1, -0.05) is 0 Å². The zero-order valence-electron chi connectivity index (χ0n) is 4.58. The van der Waals surface area contributed by atoms with Crippen molar-refractivity contribution in [1.82, 2.24) is 0 Å². The number of ether oxygens (including phenoxy) is 1. The summed E-state index contributed by atoms with van der Waals surface area (Å²) in [6.45, 7) is 0. The summed E-state index contributed by atoms with van der Waals surface area (Å²) in [7, 11) is 0. The Hall–Kier alpha value is 0.270. The Morgan fingerprint density at radius 3 is 1.00 bits per heavy atom. The van der Waals surface area contributed by atoms with Crippen LogP contribution in [-0.4, -0.2) is 18.1 Å². The maximum Gasteiger partial charge on any atom is 0.433 e. The monoisotopic (exact) mass is 294 g/mol. The number of alkyl halides is 6. The van der Waals surface area contributed by atoms with Crippen molar-refractivity contribution in [2.45, 2.75) is 18.1 Å². The third-order valence-electron chi connectivity index (χ3n) is 0.987. The van der Waals surface area contributed by atoms with Gasteiger partial charge in [0, 0.05) is 0 Å². The second-order valence-electron chi connectivity index (χ2n) is 1.71. The maximum atomic E-state index is 11.5. The lowest BCUT2D eigenvalue weighted by Gasteiger charge is -2.41. The Morgan fingerprint density at radius 1 is 0.727 bits per heavy atom. The first kappa shape index (κ1) is 11.3. The van der Waals surface area contributed by atoms with Crippen molar-refractivity contribution in [2.24, 2.45) is 0 Å². The molecule has 0 radical (unpaired) electrons. The molecule has 1 nitrogen and oxygen atoms in total. The number of hydrogen-bond donors (Lipinski definition) is 0. The van der Waals surface area contributed by atoms with Gasteiger partial charge in [0.05, 0.1) is 0 Å². The summed E-state index contributed by atoms with van der Waals surface area (Å²) in [4.78, 5) is 0. The zero-order chi connectivity index (χ0) is 8.21. The Balaban J connectivity index is 0.000001000. The molecular weight excluding hydrogens is 293 g/mol. The SMILES string of the molecule is FC1(F)OC(F)(F)C1(F)F.I. The van der Waals surface area contributed by atoms with Crippen LogP contribution in [0.1, 0.15) is 0 Å². The highest BCUT2D eigenvalue weighted by Crippen LogP contribution is 2.57. The molecule has 1 heterocycles. The molecule has 1 rings (SSSR count). The van der Waals surface area contributed by atoms with E-state index in [2.05, 4.69) is 4.74 Å². The van der Waals surface area contributed by atoms with Crippen LogP contribution in [0.2, 0.25) is 0 Å². The molecule has 0 saturated carbocycles. The number of rotatable bonds is 0. The summed E-state index contributed by atoms with van der Waals surface area (Å²) >= 11 is 0. The van der Waals surface area contributed by atoms with Crippen molar-refractivity contribution in [3.05, 3.63) is 0 Å². The predicted molar refractivity (Wildman–Crippen MR) is 31.3 cm³/mol. The van der Waals surface area contributed by atoms with Gasteiger partial charge in [0.1, 0.15) is 0 Å². The Bertz CT molecular complexity index is 151. The van der Waals surface area contributed by atoms with Crippen LogP contribution < -0.4 is 0 Å². The molecule has 0 aromatic carbocycles. The molecule has 1 saturated heterocycles. The predicted octanol–water partition coefficient (Wildman–Crippen LogP) is 2.46. The first-order valence-electron chi connectivity index (χ1n) is 2.04. The summed E-state index contributed by atoms with van der Waals surface area (Å²) in [5, 5.41) is 0. The largest absolute Gasteiger partial charge is 0.433 e. The minimum Gasteiger partial charge on any atom is -0.245 e. The van der Waals surface area contributed by atoms with E-state index in [4.69, 9.17) is 0 Å². The van der Waals surface area contributed by atoms with E-state index in [1.54, 1.807) is 0 Å².